The number of benzene rings is 1. The molecular weight excluding hydrogens is 293 g/mol. The Balaban J connectivity index is 2.12. The predicted octanol–water partition coefficient (Wildman–Crippen LogP) is 2.35. The van der Waals surface area contributed by atoms with Crippen molar-refractivity contribution in [1.82, 2.24) is 4.72 Å². The van der Waals surface area contributed by atoms with Gasteiger partial charge < -0.3 is 0 Å². The summed E-state index contributed by atoms with van der Waals surface area (Å²) in [6, 6.07) is 6.03. The van der Waals surface area contributed by atoms with Crippen LogP contribution in [0.25, 0.3) is 0 Å². The van der Waals surface area contributed by atoms with E-state index in [0.717, 1.165) is 0 Å². The Morgan fingerprint density at radius 1 is 1.33 bits per heavy atom. The van der Waals surface area contributed by atoms with Gasteiger partial charge in [0, 0.05) is 5.56 Å². The monoisotopic (exact) mass is 313 g/mol. The summed E-state index contributed by atoms with van der Waals surface area (Å²) in [5.41, 5.74) is -0.738. The second kappa shape index (κ2) is 5.75. The molecular formula is C15H20FNO3S. The average Bonchev–Trinajstić information content (AvgIpc) is 3.18. The van der Waals surface area contributed by atoms with E-state index in [1.165, 1.54) is 6.07 Å². The topological polar surface area (TPSA) is 63.2 Å². The van der Waals surface area contributed by atoms with Gasteiger partial charge >= 0.3 is 0 Å². The Hall–Kier alpha value is -1.43. The quantitative estimate of drug-likeness (QED) is 0.877. The standard InChI is InChI=1S/C15H20FNO3S/c1-11(2)7-10-21(19,20)17-14(18)15(8-9-15)12-5-3-4-6-13(12)16/h3-6,11H,7-10H2,1-2H3,(H,17,18). The first-order valence-electron chi connectivity index (χ1n) is 7.07. The van der Waals surface area contributed by atoms with E-state index < -0.39 is 27.2 Å². The van der Waals surface area contributed by atoms with Gasteiger partial charge in [-0.15, -0.1) is 0 Å². The predicted molar refractivity (Wildman–Crippen MR) is 78.7 cm³/mol. The molecule has 1 aliphatic rings. The molecule has 6 heteroatoms. The number of hydrogen-bond acceptors (Lipinski definition) is 3. The second-order valence-corrected chi connectivity index (χ2v) is 7.84. The molecule has 0 saturated heterocycles. The number of sulfonamides is 1. The number of hydrogen-bond donors (Lipinski definition) is 1. The van der Waals surface area contributed by atoms with Gasteiger partial charge in [-0.2, -0.15) is 0 Å². The fraction of sp³-hybridized carbons (Fsp3) is 0.533. The van der Waals surface area contributed by atoms with Crippen LogP contribution in [-0.2, 0) is 20.2 Å². The second-order valence-electron chi connectivity index (χ2n) is 5.99. The molecule has 1 aromatic rings. The SMILES string of the molecule is CC(C)CCS(=O)(=O)NC(=O)C1(c2ccccc2F)CC1. The normalized spacial score (nSPS) is 16.8. The largest absolute Gasteiger partial charge is 0.273 e. The first-order chi connectivity index (χ1) is 9.77. The molecule has 4 nitrogen and oxygen atoms in total. The molecule has 21 heavy (non-hydrogen) atoms. The van der Waals surface area contributed by atoms with Crippen molar-refractivity contribution < 1.29 is 17.6 Å². The summed E-state index contributed by atoms with van der Waals surface area (Å²) in [6.45, 7) is 3.83. The lowest BCUT2D eigenvalue weighted by molar-refractivity contribution is -0.121. The minimum absolute atomic E-state index is 0.0935. The maximum atomic E-state index is 13.8. The Labute approximate surface area is 124 Å². The van der Waals surface area contributed by atoms with Crippen LogP contribution in [0.1, 0.15) is 38.7 Å². The number of carbonyl (C=O) groups excluding carboxylic acids is 1. The lowest BCUT2D eigenvalue weighted by Crippen LogP contribution is -2.40. The number of amides is 1. The molecule has 1 saturated carbocycles. The Morgan fingerprint density at radius 2 is 1.95 bits per heavy atom. The van der Waals surface area contributed by atoms with Gasteiger partial charge in [0.1, 0.15) is 5.82 Å². The summed E-state index contributed by atoms with van der Waals surface area (Å²) in [5.74, 6) is -0.941. The summed E-state index contributed by atoms with van der Waals surface area (Å²) < 4.78 is 39.8. The van der Waals surface area contributed by atoms with Crippen LogP contribution in [-0.4, -0.2) is 20.1 Å². The van der Waals surface area contributed by atoms with Crippen molar-refractivity contribution in [3.63, 3.8) is 0 Å². The molecule has 0 heterocycles. The first kappa shape index (κ1) is 15.9. The Morgan fingerprint density at radius 3 is 2.48 bits per heavy atom. The van der Waals surface area contributed by atoms with Gasteiger partial charge in [-0.1, -0.05) is 32.0 Å². The smallest absolute Gasteiger partial charge is 0.244 e. The molecule has 2 rings (SSSR count). The van der Waals surface area contributed by atoms with Crippen LogP contribution in [0.4, 0.5) is 4.39 Å². The van der Waals surface area contributed by atoms with Crippen LogP contribution in [0.5, 0.6) is 0 Å². The van der Waals surface area contributed by atoms with Crippen molar-refractivity contribution >= 4 is 15.9 Å². The van der Waals surface area contributed by atoms with Crippen molar-refractivity contribution in [3.05, 3.63) is 35.6 Å². The van der Waals surface area contributed by atoms with Crippen LogP contribution >= 0.6 is 0 Å². The third-order valence-electron chi connectivity index (χ3n) is 3.79. The van der Waals surface area contributed by atoms with Gasteiger partial charge in [-0.25, -0.2) is 12.8 Å². The van der Waals surface area contributed by atoms with E-state index in [4.69, 9.17) is 0 Å². The van der Waals surface area contributed by atoms with E-state index in [1.807, 2.05) is 13.8 Å². The number of rotatable bonds is 6. The van der Waals surface area contributed by atoms with Gasteiger partial charge in [0.15, 0.2) is 0 Å². The van der Waals surface area contributed by atoms with Gasteiger partial charge in [-0.3, -0.25) is 9.52 Å². The highest BCUT2D eigenvalue weighted by Crippen LogP contribution is 2.49. The fourth-order valence-electron chi connectivity index (χ4n) is 2.27. The number of carbonyl (C=O) groups is 1. The average molecular weight is 313 g/mol. The van der Waals surface area contributed by atoms with E-state index in [-0.39, 0.29) is 17.2 Å². The molecule has 0 aliphatic heterocycles. The van der Waals surface area contributed by atoms with Gasteiger partial charge in [-0.05, 0) is 31.2 Å². The third-order valence-corrected chi connectivity index (χ3v) is 5.06. The van der Waals surface area contributed by atoms with Crippen LogP contribution in [0.15, 0.2) is 24.3 Å². The maximum Gasteiger partial charge on any atom is 0.244 e. The summed E-state index contributed by atoms with van der Waals surface area (Å²) >= 11 is 0. The first-order valence-corrected chi connectivity index (χ1v) is 8.72. The van der Waals surface area contributed by atoms with Crippen molar-refractivity contribution in [3.8, 4) is 0 Å². The summed E-state index contributed by atoms with van der Waals surface area (Å²) in [7, 11) is -3.66. The van der Waals surface area contributed by atoms with Crippen LogP contribution in [0, 0.1) is 11.7 Å². The zero-order valence-electron chi connectivity index (χ0n) is 12.2. The molecule has 1 N–H and O–H groups in total. The molecule has 0 radical (unpaired) electrons. The van der Waals surface area contributed by atoms with Crippen molar-refractivity contribution in [2.24, 2.45) is 5.92 Å². The van der Waals surface area contributed by atoms with Crippen molar-refractivity contribution in [2.45, 2.75) is 38.5 Å². The zero-order chi connectivity index (χ0) is 15.7. The van der Waals surface area contributed by atoms with Gasteiger partial charge in [0.05, 0.1) is 11.2 Å². The van der Waals surface area contributed by atoms with Crippen LogP contribution < -0.4 is 4.72 Å². The molecule has 116 valence electrons. The van der Waals surface area contributed by atoms with Crippen molar-refractivity contribution in [2.75, 3.05) is 5.75 Å². The van der Waals surface area contributed by atoms with Gasteiger partial charge in [0.2, 0.25) is 15.9 Å². The minimum atomic E-state index is -3.66. The highest BCUT2D eigenvalue weighted by atomic mass is 32.2. The maximum absolute atomic E-state index is 13.8. The van der Waals surface area contributed by atoms with Crippen LogP contribution in [0.2, 0.25) is 0 Å². The van der Waals surface area contributed by atoms with E-state index >= 15 is 0 Å². The molecule has 1 aromatic carbocycles. The minimum Gasteiger partial charge on any atom is -0.273 e. The lowest BCUT2D eigenvalue weighted by Gasteiger charge is -2.16. The highest BCUT2D eigenvalue weighted by Gasteiger charge is 2.53. The van der Waals surface area contributed by atoms with Gasteiger partial charge in [0.25, 0.3) is 0 Å². The van der Waals surface area contributed by atoms with E-state index in [1.54, 1.807) is 18.2 Å². The summed E-state index contributed by atoms with van der Waals surface area (Å²) in [5, 5.41) is 0. The fourth-order valence-corrected chi connectivity index (χ4v) is 3.64. The lowest BCUT2D eigenvalue weighted by atomic mass is 9.95. The molecule has 0 aromatic heterocycles. The number of nitrogens with one attached hydrogen (secondary N) is 1. The highest BCUT2D eigenvalue weighted by molar-refractivity contribution is 7.90. The Bertz CT molecular complexity index is 636. The molecule has 0 unspecified atom stereocenters. The molecule has 1 aliphatic carbocycles. The zero-order valence-corrected chi connectivity index (χ0v) is 13.0. The van der Waals surface area contributed by atoms with E-state index in [2.05, 4.69) is 4.72 Å². The third kappa shape index (κ3) is 3.61. The van der Waals surface area contributed by atoms with Crippen LogP contribution in [0.3, 0.4) is 0 Å². The van der Waals surface area contributed by atoms with E-state index in [9.17, 15) is 17.6 Å². The molecule has 0 bridgehead atoms. The molecule has 1 fully saturated rings. The molecule has 0 spiro atoms. The molecule has 0 atom stereocenters. The Kier molecular flexibility index (Phi) is 4.37. The summed E-state index contributed by atoms with van der Waals surface area (Å²) in [4.78, 5) is 12.3. The summed E-state index contributed by atoms with van der Waals surface area (Å²) in [6.07, 6.45) is 1.42. The number of halogens is 1. The molecule has 1 amide bonds. The van der Waals surface area contributed by atoms with E-state index in [0.29, 0.717) is 19.3 Å². The van der Waals surface area contributed by atoms with Crippen molar-refractivity contribution in [1.29, 1.82) is 0 Å².